The van der Waals surface area contributed by atoms with Crippen molar-refractivity contribution in [3.63, 3.8) is 0 Å². The average Bonchev–Trinajstić information content (AvgIpc) is 2.41. The number of hydrogen-bond donors (Lipinski definition) is 0. The van der Waals surface area contributed by atoms with Crippen LogP contribution in [0.15, 0.2) is 18.2 Å². The lowest BCUT2D eigenvalue weighted by Crippen LogP contribution is -2.23. The van der Waals surface area contributed by atoms with Gasteiger partial charge < -0.3 is 9.29 Å². The first-order valence-electron chi connectivity index (χ1n) is 7.61. The number of carbonyl (C=O) groups excluding carboxylic acids is 1. The number of aromatic nitrogens is 1. The SMILES string of the molecule is CC(OS(=O)[O-])c1cccc(CCCCC(=O)OC(C)(C)C)n1. The smallest absolute Gasteiger partial charge is 0.306 e. The van der Waals surface area contributed by atoms with Gasteiger partial charge in [0.2, 0.25) is 0 Å². The molecule has 0 aliphatic heterocycles. The normalized spacial score (nSPS) is 14.3. The summed E-state index contributed by atoms with van der Waals surface area (Å²) in [5, 5.41) is 0. The molecule has 0 aliphatic rings. The molecule has 130 valence electrons. The molecule has 23 heavy (non-hydrogen) atoms. The fourth-order valence-corrected chi connectivity index (χ4v) is 2.33. The van der Waals surface area contributed by atoms with Crippen molar-refractivity contribution in [2.45, 2.75) is 65.1 Å². The van der Waals surface area contributed by atoms with Gasteiger partial charge in [-0.2, -0.15) is 0 Å². The van der Waals surface area contributed by atoms with Crippen molar-refractivity contribution in [2.24, 2.45) is 0 Å². The molecule has 1 heterocycles. The van der Waals surface area contributed by atoms with Gasteiger partial charge in [0.25, 0.3) is 0 Å². The molecule has 7 heteroatoms. The Bertz CT molecular complexity index is 542. The van der Waals surface area contributed by atoms with Gasteiger partial charge in [0.15, 0.2) is 0 Å². The van der Waals surface area contributed by atoms with Gasteiger partial charge in [-0.25, -0.2) is 4.21 Å². The highest BCUT2D eigenvalue weighted by Gasteiger charge is 2.15. The molecule has 0 fully saturated rings. The molecule has 1 rings (SSSR count). The molecular weight excluding hydrogens is 318 g/mol. The molecule has 2 unspecified atom stereocenters. The van der Waals surface area contributed by atoms with Gasteiger partial charge in [-0.15, -0.1) is 0 Å². The second-order valence-corrected chi connectivity index (χ2v) is 6.89. The number of esters is 1. The van der Waals surface area contributed by atoms with E-state index in [0.29, 0.717) is 18.5 Å². The Morgan fingerprint density at radius 2 is 2.04 bits per heavy atom. The maximum absolute atomic E-state index is 11.6. The van der Waals surface area contributed by atoms with Gasteiger partial charge in [0, 0.05) is 12.1 Å². The Morgan fingerprint density at radius 1 is 1.35 bits per heavy atom. The largest absolute Gasteiger partial charge is 0.750 e. The molecule has 0 amide bonds. The van der Waals surface area contributed by atoms with Gasteiger partial charge in [0.1, 0.15) is 11.7 Å². The van der Waals surface area contributed by atoms with Crippen LogP contribution in [0.2, 0.25) is 0 Å². The summed E-state index contributed by atoms with van der Waals surface area (Å²) in [5.74, 6) is -0.195. The van der Waals surface area contributed by atoms with Crippen LogP contribution >= 0.6 is 0 Å². The maximum atomic E-state index is 11.6. The van der Waals surface area contributed by atoms with Crippen molar-refractivity contribution < 1.29 is 22.5 Å². The lowest BCUT2D eigenvalue weighted by molar-refractivity contribution is -0.154. The van der Waals surface area contributed by atoms with E-state index in [1.807, 2.05) is 32.9 Å². The van der Waals surface area contributed by atoms with Gasteiger partial charge in [-0.05, 0) is 59.1 Å². The van der Waals surface area contributed by atoms with Crippen LogP contribution in [0.5, 0.6) is 0 Å². The second-order valence-electron chi connectivity index (χ2n) is 6.29. The first kappa shape index (κ1) is 19.7. The van der Waals surface area contributed by atoms with E-state index in [1.165, 1.54) is 0 Å². The summed E-state index contributed by atoms with van der Waals surface area (Å²) >= 11 is -2.56. The molecule has 0 bridgehead atoms. The Balaban J connectivity index is 2.41. The number of carbonyl (C=O) groups is 1. The minimum Gasteiger partial charge on any atom is -0.750 e. The van der Waals surface area contributed by atoms with Crippen LogP contribution in [-0.2, 0) is 31.5 Å². The number of ether oxygens (including phenoxy) is 1. The molecule has 0 saturated carbocycles. The van der Waals surface area contributed by atoms with E-state index >= 15 is 0 Å². The molecule has 2 atom stereocenters. The minimum absolute atomic E-state index is 0.195. The molecular formula is C16H24NO5S-. The predicted molar refractivity (Wildman–Crippen MR) is 86.1 cm³/mol. The number of nitrogens with zero attached hydrogens (tertiary/aromatic N) is 1. The number of hydrogen-bond acceptors (Lipinski definition) is 6. The van der Waals surface area contributed by atoms with E-state index in [1.54, 1.807) is 13.0 Å². The van der Waals surface area contributed by atoms with E-state index < -0.39 is 23.1 Å². The quantitative estimate of drug-likeness (QED) is 0.410. The van der Waals surface area contributed by atoms with Gasteiger partial charge in [0.05, 0.1) is 17.1 Å². The fourth-order valence-electron chi connectivity index (χ4n) is 2.00. The molecule has 0 saturated heterocycles. The van der Waals surface area contributed by atoms with Crippen molar-refractivity contribution in [1.29, 1.82) is 0 Å². The Kier molecular flexibility index (Phi) is 7.81. The Labute approximate surface area is 140 Å². The van der Waals surface area contributed by atoms with Crippen LogP contribution in [-0.4, -0.2) is 25.3 Å². The van der Waals surface area contributed by atoms with E-state index in [0.717, 1.165) is 18.5 Å². The van der Waals surface area contributed by atoms with Gasteiger partial charge in [-0.3, -0.25) is 14.0 Å². The van der Waals surface area contributed by atoms with E-state index in [-0.39, 0.29) is 5.97 Å². The van der Waals surface area contributed by atoms with Gasteiger partial charge >= 0.3 is 5.97 Å². The molecule has 6 nitrogen and oxygen atoms in total. The van der Waals surface area contributed by atoms with Crippen LogP contribution in [0, 0.1) is 0 Å². The summed E-state index contributed by atoms with van der Waals surface area (Å²) in [4.78, 5) is 16.0. The zero-order valence-corrected chi connectivity index (χ0v) is 14.9. The van der Waals surface area contributed by atoms with Crippen molar-refractivity contribution in [3.8, 4) is 0 Å². The topological polar surface area (TPSA) is 88.6 Å². The lowest BCUT2D eigenvalue weighted by atomic mass is 10.1. The molecule has 0 aliphatic carbocycles. The van der Waals surface area contributed by atoms with E-state index in [2.05, 4.69) is 9.17 Å². The highest BCUT2D eigenvalue weighted by Crippen LogP contribution is 2.16. The second kappa shape index (κ2) is 9.10. The average molecular weight is 342 g/mol. The summed E-state index contributed by atoms with van der Waals surface area (Å²) in [5.41, 5.74) is 0.961. The van der Waals surface area contributed by atoms with Crippen molar-refractivity contribution in [3.05, 3.63) is 29.6 Å². The molecule has 0 N–H and O–H groups in total. The van der Waals surface area contributed by atoms with Crippen LogP contribution in [0.3, 0.4) is 0 Å². The summed E-state index contributed by atoms with van der Waals surface area (Å²) in [6.07, 6.45) is 2.00. The Morgan fingerprint density at radius 3 is 2.65 bits per heavy atom. The highest BCUT2D eigenvalue weighted by molar-refractivity contribution is 7.74. The summed E-state index contributed by atoms with van der Waals surface area (Å²) in [6.45, 7) is 7.17. The van der Waals surface area contributed by atoms with Crippen molar-refractivity contribution >= 4 is 17.3 Å². The monoisotopic (exact) mass is 342 g/mol. The number of pyridine rings is 1. The first-order valence-corrected chi connectivity index (χ1v) is 8.61. The van der Waals surface area contributed by atoms with E-state index in [4.69, 9.17) is 4.74 Å². The zero-order valence-electron chi connectivity index (χ0n) is 14.0. The van der Waals surface area contributed by atoms with Crippen LogP contribution in [0.1, 0.15) is 64.4 Å². The summed E-state index contributed by atoms with van der Waals surface area (Å²) in [6, 6.07) is 5.42. The maximum Gasteiger partial charge on any atom is 0.306 e. The van der Waals surface area contributed by atoms with Crippen molar-refractivity contribution in [2.75, 3.05) is 0 Å². The van der Waals surface area contributed by atoms with Crippen LogP contribution in [0.4, 0.5) is 0 Å². The Hall–Kier alpha value is -1.31. The minimum atomic E-state index is -2.56. The van der Waals surface area contributed by atoms with E-state index in [9.17, 15) is 13.6 Å². The van der Waals surface area contributed by atoms with Crippen LogP contribution < -0.4 is 0 Å². The molecule has 0 spiro atoms. The summed E-state index contributed by atoms with van der Waals surface area (Å²) < 4.78 is 31.0. The van der Waals surface area contributed by atoms with Gasteiger partial charge in [-0.1, -0.05) is 6.07 Å². The molecule has 0 aromatic carbocycles. The number of aryl methyl sites for hydroxylation is 1. The fraction of sp³-hybridized carbons (Fsp3) is 0.625. The zero-order chi connectivity index (χ0) is 17.5. The molecule has 0 radical (unpaired) electrons. The third-order valence-electron chi connectivity index (χ3n) is 2.95. The summed E-state index contributed by atoms with van der Waals surface area (Å²) in [7, 11) is 0. The third kappa shape index (κ3) is 8.78. The number of rotatable bonds is 8. The first-order chi connectivity index (χ1) is 10.7. The lowest BCUT2D eigenvalue weighted by Gasteiger charge is -2.19. The van der Waals surface area contributed by atoms with Crippen molar-refractivity contribution in [1.82, 2.24) is 4.98 Å². The third-order valence-corrected chi connectivity index (χ3v) is 3.40. The number of unbranched alkanes of at least 4 members (excludes halogenated alkanes) is 1. The highest BCUT2D eigenvalue weighted by atomic mass is 32.2. The van der Waals surface area contributed by atoms with Crippen LogP contribution in [0.25, 0.3) is 0 Å². The standard InChI is InChI=1S/C16H25NO5S/c1-12(22-23(19)20)14-10-7-9-13(17-14)8-5-6-11-15(18)21-16(2,3)4/h7,9-10,12H,5-6,8,11H2,1-4H3,(H,19,20)/p-1. The molecule has 1 aromatic heterocycles. The molecule has 1 aromatic rings. The predicted octanol–water partition coefficient (Wildman–Crippen LogP) is 3.01.